The maximum atomic E-state index is 5.88. The SMILES string of the molecule is CC1(C)OB(/C=C/c2ccn(PI)n2)OC1(C)C. The van der Waals surface area contributed by atoms with Crippen LogP contribution in [0.1, 0.15) is 33.4 Å². The van der Waals surface area contributed by atoms with Gasteiger partial charge < -0.3 is 9.31 Å². The Labute approximate surface area is 123 Å². The highest BCUT2D eigenvalue weighted by atomic mass is 127. The van der Waals surface area contributed by atoms with E-state index in [-0.39, 0.29) is 18.3 Å². The van der Waals surface area contributed by atoms with Gasteiger partial charge in [-0.25, -0.2) is 4.45 Å². The van der Waals surface area contributed by atoms with E-state index in [2.05, 4.69) is 27.1 Å². The van der Waals surface area contributed by atoms with E-state index in [1.54, 1.807) is 0 Å². The summed E-state index contributed by atoms with van der Waals surface area (Å²) in [6.07, 6.45) is 4.53. The van der Waals surface area contributed by atoms with Crippen LogP contribution in [0.5, 0.6) is 0 Å². The first kappa shape index (κ1) is 14.5. The number of hydrogen-bond acceptors (Lipinski definition) is 3. The van der Waals surface area contributed by atoms with Crippen LogP contribution in [0.15, 0.2) is 18.2 Å². The van der Waals surface area contributed by atoms with Crippen molar-refractivity contribution < 1.29 is 9.31 Å². The molecule has 1 saturated heterocycles. The van der Waals surface area contributed by atoms with Gasteiger partial charge >= 0.3 is 7.12 Å². The van der Waals surface area contributed by atoms with E-state index in [0.29, 0.717) is 6.37 Å². The monoisotopic (exact) mass is 378 g/mol. The minimum Gasteiger partial charge on any atom is -0.400 e. The third kappa shape index (κ3) is 2.98. The molecule has 1 aliphatic heterocycles. The number of halogens is 1. The van der Waals surface area contributed by atoms with Crippen molar-refractivity contribution in [1.82, 2.24) is 9.55 Å². The number of hydrogen-bond donors (Lipinski definition) is 0. The highest BCUT2D eigenvalue weighted by molar-refractivity contribution is 14.2. The average molecular weight is 378 g/mol. The van der Waals surface area contributed by atoms with Crippen molar-refractivity contribution >= 4 is 41.6 Å². The van der Waals surface area contributed by atoms with Gasteiger partial charge in [0.1, 0.15) is 0 Å². The summed E-state index contributed by atoms with van der Waals surface area (Å²) in [5.41, 5.74) is 0.351. The van der Waals surface area contributed by atoms with E-state index in [1.807, 2.05) is 56.5 Å². The molecule has 1 fully saturated rings. The zero-order valence-corrected chi connectivity index (χ0v) is 14.1. The number of aromatic nitrogens is 2. The van der Waals surface area contributed by atoms with E-state index >= 15 is 0 Å². The Balaban J connectivity index is 2.03. The zero-order chi connectivity index (χ0) is 13.4. The first-order valence-corrected chi connectivity index (χ1v) is 9.86. The van der Waals surface area contributed by atoms with Gasteiger partial charge in [0.05, 0.1) is 23.3 Å². The predicted octanol–water partition coefficient (Wildman–Crippen LogP) is 3.32. The number of nitrogens with zero attached hydrogens (tertiary/aromatic N) is 2. The molecule has 1 aromatic heterocycles. The Hall–Kier alpha value is 0.0949. The van der Waals surface area contributed by atoms with Gasteiger partial charge in [0.25, 0.3) is 0 Å². The summed E-state index contributed by atoms with van der Waals surface area (Å²) in [5.74, 6) is 1.92. The van der Waals surface area contributed by atoms with Crippen molar-refractivity contribution in [1.29, 1.82) is 0 Å². The summed E-state index contributed by atoms with van der Waals surface area (Å²) in [7, 11) is -0.304. The van der Waals surface area contributed by atoms with Crippen LogP contribution in [0.2, 0.25) is 0 Å². The lowest BCUT2D eigenvalue weighted by Gasteiger charge is -2.32. The highest BCUT2D eigenvalue weighted by Gasteiger charge is 2.49. The van der Waals surface area contributed by atoms with E-state index in [1.165, 1.54) is 0 Å². The van der Waals surface area contributed by atoms with Gasteiger partial charge in [-0.05, 0) is 61.9 Å². The van der Waals surface area contributed by atoms with Crippen LogP contribution in [-0.2, 0) is 9.31 Å². The third-order valence-corrected chi connectivity index (χ3v) is 5.30. The van der Waals surface area contributed by atoms with Crippen LogP contribution in [0, 0.1) is 0 Å². The van der Waals surface area contributed by atoms with Crippen LogP contribution >= 0.6 is 28.4 Å². The Morgan fingerprint density at radius 1 is 1.33 bits per heavy atom. The molecule has 0 radical (unpaired) electrons. The maximum absolute atomic E-state index is 5.88. The fraction of sp³-hybridized carbons (Fsp3) is 0.545. The Kier molecular flexibility index (Phi) is 4.21. The lowest BCUT2D eigenvalue weighted by molar-refractivity contribution is 0.00578. The van der Waals surface area contributed by atoms with Gasteiger partial charge in [-0.3, -0.25) is 0 Å². The summed E-state index contributed by atoms with van der Waals surface area (Å²) >= 11 is 2.30. The number of rotatable bonds is 3. The summed E-state index contributed by atoms with van der Waals surface area (Å²) in [6, 6.07) is 1.98. The lowest BCUT2D eigenvalue weighted by Crippen LogP contribution is -2.41. The van der Waals surface area contributed by atoms with Crippen LogP contribution in [0.4, 0.5) is 0 Å². The molecule has 0 saturated carbocycles. The van der Waals surface area contributed by atoms with Crippen molar-refractivity contribution in [2.45, 2.75) is 38.9 Å². The Bertz CT molecular complexity index is 446. The molecule has 0 N–H and O–H groups in total. The molecule has 1 atom stereocenters. The molecule has 0 bridgehead atoms. The first-order valence-electron chi connectivity index (χ1n) is 5.80. The largest absolute Gasteiger partial charge is 0.487 e. The quantitative estimate of drug-likeness (QED) is 0.460. The molecule has 0 aliphatic carbocycles. The molecular weight excluding hydrogens is 361 g/mol. The van der Waals surface area contributed by atoms with Crippen molar-refractivity contribution in [2.24, 2.45) is 0 Å². The van der Waals surface area contributed by atoms with E-state index in [0.717, 1.165) is 5.69 Å². The van der Waals surface area contributed by atoms with Crippen molar-refractivity contribution in [3.8, 4) is 0 Å². The summed E-state index contributed by atoms with van der Waals surface area (Å²) in [6.45, 7) is 8.19. The van der Waals surface area contributed by atoms with Crippen molar-refractivity contribution in [3.05, 3.63) is 23.9 Å². The Morgan fingerprint density at radius 2 is 1.94 bits per heavy atom. The minimum absolute atomic E-state index is 0.287. The van der Waals surface area contributed by atoms with E-state index in [4.69, 9.17) is 9.31 Å². The molecule has 2 rings (SSSR count). The van der Waals surface area contributed by atoms with Gasteiger partial charge in [-0.2, -0.15) is 5.10 Å². The molecule has 1 unspecified atom stereocenters. The van der Waals surface area contributed by atoms with Gasteiger partial charge in [0.2, 0.25) is 0 Å². The second-order valence-electron chi connectivity index (χ2n) is 5.25. The molecule has 98 valence electrons. The van der Waals surface area contributed by atoms with Gasteiger partial charge in [0, 0.05) is 6.20 Å². The normalized spacial score (nSPS) is 22.6. The zero-order valence-electron chi connectivity index (χ0n) is 11.0. The molecule has 4 nitrogen and oxygen atoms in total. The lowest BCUT2D eigenvalue weighted by atomic mass is 9.90. The average Bonchev–Trinajstić information content (AvgIpc) is 2.79. The van der Waals surface area contributed by atoms with Crippen molar-refractivity contribution in [3.63, 3.8) is 0 Å². The molecule has 0 aromatic carbocycles. The van der Waals surface area contributed by atoms with E-state index in [9.17, 15) is 0 Å². The fourth-order valence-corrected chi connectivity index (χ4v) is 2.71. The molecule has 18 heavy (non-hydrogen) atoms. The van der Waals surface area contributed by atoms with Crippen LogP contribution in [-0.4, -0.2) is 27.9 Å². The molecule has 1 aromatic rings. The smallest absolute Gasteiger partial charge is 0.400 e. The minimum atomic E-state index is -0.304. The fourth-order valence-electron chi connectivity index (χ4n) is 1.62. The summed E-state index contributed by atoms with van der Waals surface area (Å²) in [4.78, 5) is 0. The van der Waals surface area contributed by atoms with Crippen LogP contribution < -0.4 is 0 Å². The molecular formula is C11H17BIN2O2P. The van der Waals surface area contributed by atoms with Gasteiger partial charge in [0.15, 0.2) is 0 Å². The van der Waals surface area contributed by atoms with Crippen LogP contribution in [0.25, 0.3) is 6.08 Å². The summed E-state index contributed by atoms with van der Waals surface area (Å²) < 4.78 is 13.7. The van der Waals surface area contributed by atoms with E-state index < -0.39 is 0 Å². The van der Waals surface area contributed by atoms with Gasteiger partial charge in [-0.15, -0.1) is 0 Å². The first-order chi connectivity index (χ1) is 8.34. The maximum Gasteiger partial charge on any atom is 0.487 e. The van der Waals surface area contributed by atoms with Crippen LogP contribution in [0.3, 0.4) is 0 Å². The molecule has 0 amide bonds. The highest BCUT2D eigenvalue weighted by Crippen LogP contribution is 2.37. The molecule has 0 spiro atoms. The third-order valence-electron chi connectivity index (χ3n) is 3.39. The standard InChI is InChI=1S/C11H17BIN2O2P/c1-10(2)11(3,4)17-12(16-10)7-5-9-6-8-15(14-9)18-13/h5-8,18H,1-4H3/b7-5+. The Morgan fingerprint density at radius 3 is 2.44 bits per heavy atom. The predicted molar refractivity (Wildman–Crippen MR) is 85.1 cm³/mol. The van der Waals surface area contributed by atoms with Crippen molar-refractivity contribution in [2.75, 3.05) is 0 Å². The second-order valence-corrected chi connectivity index (χ2v) is 7.33. The van der Waals surface area contributed by atoms with Gasteiger partial charge in [-0.1, -0.05) is 5.98 Å². The molecule has 2 heterocycles. The summed E-state index contributed by atoms with van der Waals surface area (Å²) in [5, 5.41) is 4.39. The topological polar surface area (TPSA) is 36.3 Å². The molecule has 7 heteroatoms. The molecule has 1 aliphatic rings. The second kappa shape index (κ2) is 5.23.